The highest BCUT2D eigenvalue weighted by Crippen LogP contribution is 2.42. The van der Waals surface area contributed by atoms with Gasteiger partial charge in [-0.3, -0.25) is 4.98 Å². The van der Waals surface area contributed by atoms with Crippen LogP contribution in [-0.2, 0) is 10.9 Å². The third kappa shape index (κ3) is 4.89. The van der Waals surface area contributed by atoms with Gasteiger partial charge in [-0.25, -0.2) is 4.79 Å². The van der Waals surface area contributed by atoms with E-state index in [4.69, 9.17) is 4.74 Å². The number of pyridine rings is 1. The summed E-state index contributed by atoms with van der Waals surface area (Å²) in [7, 11) is 0. The molecule has 1 spiro atoms. The van der Waals surface area contributed by atoms with Crippen LogP contribution in [0.2, 0.25) is 0 Å². The van der Waals surface area contributed by atoms with Gasteiger partial charge < -0.3 is 14.5 Å². The van der Waals surface area contributed by atoms with E-state index < -0.39 is 17.5 Å². The predicted molar refractivity (Wildman–Crippen MR) is 100 cm³/mol. The van der Waals surface area contributed by atoms with Crippen molar-refractivity contribution in [3.63, 3.8) is 0 Å². The third-order valence-corrected chi connectivity index (χ3v) is 5.70. The Morgan fingerprint density at radius 1 is 1.07 bits per heavy atom. The molecule has 1 aromatic rings. The molecule has 5 nitrogen and oxygen atoms in total. The first-order valence-electron chi connectivity index (χ1n) is 9.74. The first-order chi connectivity index (χ1) is 13.0. The van der Waals surface area contributed by atoms with Crippen LogP contribution in [0.1, 0.15) is 52.1 Å². The van der Waals surface area contributed by atoms with Crippen molar-refractivity contribution in [3.8, 4) is 0 Å². The fourth-order valence-corrected chi connectivity index (χ4v) is 4.00. The van der Waals surface area contributed by atoms with Gasteiger partial charge in [0.05, 0.1) is 0 Å². The second-order valence-corrected chi connectivity index (χ2v) is 8.85. The average Bonchev–Trinajstić information content (AvgIpc) is 2.61. The third-order valence-electron chi connectivity index (χ3n) is 5.70. The number of carbonyl (C=O) groups is 1. The second-order valence-electron chi connectivity index (χ2n) is 8.85. The highest BCUT2D eigenvalue weighted by molar-refractivity contribution is 5.68. The van der Waals surface area contributed by atoms with Crippen LogP contribution in [0.5, 0.6) is 0 Å². The topological polar surface area (TPSA) is 45.7 Å². The Labute approximate surface area is 163 Å². The number of hydrogen-bond acceptors (Lipinski definition) is 4. The average molecular weight is 399 g/mol. The van der Waals surface area contributed by atoms with Crippen LogP contribution in [0.15, 0.2) is 18.3 Å². The van der Waals surface area contributed by atoms with E-state index in [9.17, 15) is 18.0 Å². The number of likely N-dealkylation sites (tertiary alicyclic amines) is 1. The zero-order valence-corrected chi connectivity index (χ0v) is 16.7. The number of hydrogen-bond donors (Lipinski definition) is 0. The molecule has 0 N–H and O–H groups in total. The summed E-state index contributed by atoms with van der Waals surface area (Å²) < 4.78 is 44.2. The van der Waals surface area contributed by atoms with Crippen molar-refractivity contribution in [1.82, 2.24) is 9.88 Å². The van der Waals surface area contributed by atoms with Gasteiger partial charge in [-0.05, 0) is 64.0 Å². The lowest BCUT2D eigenvalue weighted by Crippen LogP contribution is -2.49. The monoisotopic (exact) mass is 399 g/mol. The molecule has 0 saturated carbocycles. The van der Waals surface area contributed by atoms with Crippen LogP contribution in [-0.4, -0.2) is 47.8 Å². The standard InChI is InChI=1S/C20H28F3N3O2/c1-18(2,3)28-17(27)26-12-7-19(8-13-26)5-10-25(11-6-19)15-4-9-24-16(14-15)20(21,22)23/h4,9,14H,5-8,10-13H2,1-3H3. The molecule has 3 heterocycles. The second kappa shape index (κ2) is 7.44. The summed E-state index contributed by atoms with van der Waals surface area (Å²) in [5, 5.41) is 0. The van der Waals surface area contributed by atoms with E-state index in [-0.39, 0.29) is 11.5 Å². The largest absolute Gasteiger partial charge is 0.444 e. The Bertz CT molecular complexity index is 697. The van der Waals surface area contributed by atoms with E-state index in [1.165, 1.54) is 6.20 Å². The Hall–Kier alpha value is -1.99. The lowest BCUT2D eigenvalue weighted by atomic mass is 9.71. The minimum absolute atomic E-state index is 0.162. The Morgan fingerprint density at radius 2 is 1.64 bits per heavy atom. The number of rotatable bonds is 1. The van der Waals surface area contributed by atoms with Crippen molar-refractivity contribution in [2.45, 2.75) is 58.2 Å². The summed E-state index contributed by atoms with van der Waals surface area (Å²) in [5.41, 5.74) is -0.619. The molecule has 28 heavy (non-hydrogen) atoms. The molecule has 0 bridgehead atoms. The van der Waals surface area contributed by atoms with E-state index in [2.05, 4.69) is 4.98 Å². The fraction of sp³-hybridized carbons (Fsp3) is 0.700. The number of piperidine rings is 2. The molecule has 1 aromatic heterocycles. The smallest absolute Gasteiger partial charge is 0.433 e. The summed E-state index contributed by atoms with van der Waals surface area (Å²) in [6.07, 6.45) is 0.173. The number of alkyl halides is 3. The molecule has 0 unspecified atom stereocenters. The van der Waals surface area contributed by atoms with Gasteiger partial charge in [-0.15, -0.1) is 0 Å². The van der Waals surface area contributed by atoms with Crippen LogP contribution in [0.4, 0.5) is 23.7 Å². The predicted octanol–water partition coefficient (Wildman–Crippen LogP) is 4.72. The maximum Gasteiger partial charge on any atom is 0.433 e. The van der Waals surface area contributed by atoms with E-state index in [0.29, 0.717) is 31.9 Å². The molecular formula is C20H28F3N3O2. The summed E-state index contributed by atoms with van der Waals surface area (Å²) in [4.78, 5) is 19.4. The minimum Gasteiger partial charge on any atom is -0.444 e. The first kappa shape index (κ1) is 20.7. The molecular weight excluding hydrogens is 371 g/mol. The van der Waals surface area contributed by atoms with Gasteiger partial charge in [0.25, 0.3) is 0 Å². The van der Waals surface area contributed by atoms with Gasteiger partial charge in [0.15, 0.2) is 0 Å². The fourth-order valence-electron chi connectivity index (χ4n) is 4.00. The van der Waals surface area contributed by atoms with Crippen LogP contribution < -0.4 is 4.90 Å². The van der Waals surface area contributed by atoms with E-state index >= 15 is 0 Å². The summed E-state index contributed by atoms with van der Waals surface area (Å²) in [6.45, 7) is 8.34. The van der Waals surface area contributed by atoms with E-state index in [1.807, 2.05) is 25.7 Å². The molecule has 0 atom stereocenters. The Morgan fingerprint density at radius 3 is 2.18 bits per heavy atom. The van der Waals surface area contributed by atoms with Crippen LogP contribution in [0.3, 0.4) is 0 Å². The molecule has 156 valence electrons. The number of amides is 1. The van der Waals surface area contributed by atoms with Crippen molar-refractivity contribution >= 4 is 11.8 Å². The normalized spacial score (nSPS) is 20.4. The van der Waals surface area contributed by atoms with Crippen molar-refractivity contribution < 1.29 is 22.7 Å². The van der Waals surface area contributed by atoms with E-state index in [1.54, 1.807) is 11.0 Å². The highest BCUT2D eigenvalue weighted by Gasteiger charge is 2.40. The molecule has 2 aliphatic rings. The van der Waals surface area contributed by atoms with Crippen LogP contribution in [0.25, 0.3) is 0 Å². The number of carbonyl (C=O) groups excluding carboxylic acids is 1. The molecule has 0 aliphatic carbocycles. The van der Waals surface area contributed by atoms with Crippen LogP contribution in [0, 0.1) is 5.41 Å². The van der Waals surface area contributed by atoms with Gasteiger partial charge in [-0.1, -0.05) is 0 Å². The summed E-state index contributed by atoms with van der Waals surface area (Å²) in [5.74, 6) is 0. The first-order valence-corrected chi connectivity index (χ1v) is 9.74. The van der Waals surface area contributed by atoms with Gasteiger partial charge in [0, 0.05) is 38.1 Å². The number of halogens is 3. The molecule has 2 saturated heterocycles. The summed E-state index contributed by atoms with van der Waals surface area (Å²) in [6, 6.07) is 2.77. The Kier molecular flexibility index (Phi) is 5.51. The maximum absolute atomic E-state index is 12.9. The minimum atomic E-state index is -4.43. The maximum atomic E-state index is 12.9. The SMILES string of the molecule is CC(C)(C)OC(=O)N1CCC2(CC1)CCN(c1ccnc(C(F)(F)F)c1)CC2. The lowest BCUT2D eigenvalue weighted by molar-refractivity contribution is -0.141. The summed E-state index contributed by atoms with van der Waals surface area (Å²) >= 11 is 0. The van der Waals surface area contributed by atoms with Gasteiger partial charge >= 0.3 is 12.3 Å². The van der Waals surface area contributed by atoms with Gasteiger partial charge in [0.2, 0.25) is 0 Å². The highest BCUT2D eigenvalue weighted by atomic mass is 19.4. The quantitative estimate of drug-likeness (QED) is 0.686. The number of aromatic nitrogens is 1. The Balaban J connectivity index is 1.56. The molecule has 1 amide bonds. The molecule has 2 aliphatic heterocycles. The number of anilines is 1. The van der Waals surface area contributed by atoms with Crippen molar-refractivity contribution in [2.24, 2.45) is 5.41 Å². The van der Waals surface area contributed by atoms with E-state index in [0.717, 1.165) is 31.7 Å². The van der Waals surface area contributed by atoms with Gasteiger partial charge in [-0.2, -0.15) is 13.2 Å². The molecule has 3 rings (SSSR count). The van der Waals surface area contributed by atoms with Gasteiger partial charge in [0.1, 0.15) is 11.3 Å². The molecule has 0 aromatic carbocycles. The molecule has 8 heteroatoms. The van der Waals surface area contributed by atoms with Crippen molar-refractivity contribution in [2.75, 3.05) is 31.1 Å². The molecule has 2 fully saturated rings. The zero-order chi connectivity index (χ0) is 20.6. The van der Waals surface area contributed by atoms with Crippen molar-refractivity contribution in [3.05, 3.63) is 24.0 Å². The zero-order valence-electron chi connectivity index (χ0n) is 16.7. The lowest BCUT2D eigenvalue weighted by Gasteiger charge is -2.47. The van der Waals surface area contributed by atoms with Crippen molar-refractivity contribution in [1.29, 1.82) is 0 Å². The number of nitrogens with zero attached hydrogens (tertiary/aromatic N) is 3. The molecule has 0 radical (unpaired) electrons. The van der Waals surface area contributed by atoms with Crippen LogP contribution >= 0.6 is 0 Å². The number of ether oxygens (including phenoxy) is 1.